The van der Waals surface area contributed by atoms with Crippen molar-refractivity contribution >= 4 is 47.5 Å². The van der Waals surface area contributed by atoms with Gasteiger partial charge >= 0.3 is 0 Å². The highest BCUT2D eigenvalue weighted by Crippen LogP contribution is 2.26. The highest BCUT2D eigenvalue weighted by Gasteiger charge is 2.12. The highest BCUT2D eigenvalue weighted by atomic mass is 15.2. The fourth-order valence-corrected chi connectivity index (χ4v) is 4.23. The maximum absolute atomic E-state index is 4.60. The van der Waals surface area contributed by atoms with Crippen LogP contribution in [0.1, 0.15) is 33.9 Å². The highest BCUT2D eigenvalue weighted by molar-refractivity contribution is 5.82. The van der Waals surface area contributed by atoms with Crippen molar-refractivity contribution < 1.29 is 0 Å². The number of aromatic nitrogens is 7. The largest absolute Gasteiger partial charge is 0.301 e. The molecule has 0 spiro atoms. The van der Waals surface area contributed by atoms with Crippen LogP contribution in [0.5, 0.6) is 0 Å². The second-order valence-corrected chi connectivity index (χ2v) is 7.89. The van der Waals surface area contributed by atoms with Crippen LogP contribution in [0.25, 0.3) is 58.7 Å². The number of nitrogens with one attached hydrogen (secondary N) is 2. The quantitative estimate of drug-likeness (QED) is 0.343. The molecule has 6 heterocycles. The van der Waals surface area contributed by atoms with Gasteiger partial charge in [-0.2, -0.15) is 0 Å². The molecule has 0 amide bonds. The summed E-state index contributed by atoms with van der Waals surface area (Å²) in [6, 6.07) is 12.2. The molecule has 4 aromatic rings. The van der Waals surface area contributed by atoms with Gasteiger partial charge in [0.1, 0.15) is 5.69 Å². The second-order valence-electron chi connectivity index (χ2n) is 7.89. The third kappa shape index (κ3) is 3.18. The molecule has 6 rings (SSSR count). The summed E-state index contributed by atoms with van der Waals surface area (Å²) in [6.07, 6.45) is 17.3. The lowest BCUT2D eigenvalue weighted by molar-refractivity contribution is 0.963. The van der Waals surface area contributed by atoms with Gasteiger partial charge in [0.25, 0.3) is 0 Å². The average Bonchev–Trinajstić information content (AvgIpc) is 3.64. The topological polar surface area (TPSA) is 79.1 Å². The van der Waals surface area contributed by atoms with Crippen molar-refractivity contribution in [2.45, 2.75) is 0 Å². The number of nitrogens with zero attached hydrogens (tertiary/aromatic N) is 5. The van der Waals surface area contributed by atoms with Crippen LogP contribution >= 0.6 is 0 Å². The Kier molecular flexibility index (Phi) is 4.59. The van der Waals surface area contributed by atoms with E-state index >= 15 is 0 Å². The Balaban J connectivity index is 1.34. The van der Waals surface area contributed by atoms with Crippen LogP contribution in [0.3, 0.4) is 0 Å². The minimum Gasteiger partial charge on any atom is -0.301 e. The molecular weight excluding hydrogens is 422 g/mol. The smallest absolute Gasteiger partial charge is 0.113 e. The number of hydrogen-bond acceptors (Lipinski definition) is 3. The average molecular weight is 444 g/mol. The Hall–Kier alpha value is -4.91. The molecule has 0 unspecified atom stereocenters. The molecule has 0 aromatic carbocycles. The fourth-order valence-electron chi connectivity index (χ4n) is 4.23. The third-order valence-corrected chi connectivity index (χ3v) is 5.94. The maximum atomic E-state index is 4.60. The molecule has 2 aliphatic rings. The third-order valence-electron chi connectivity index (χ3n) is 5.94. The Bertz CT molecular complexity index is 1700. The monoisotopic (exact) mass is 443 g/mol. The molecule has 2 aliphatic heterocycles. The van der Waals surface area contributed by atoms with Gasteiger partial charge in [0.05, 0.1) is 40.0 Å². The van der Waals surface area contributed by atoms with Crippen LogP contribution in [-0.4, -0.2) is 34.4 Å². The normalized spacial score (nSPS) is 12.1. The zero-order chi connectivity index (χ0) is 23.1. The lowest BCUT2D eigenvalue weighted by Crippen LogP contribution is -1.87. The van der Waals surface area contributed by atoms with Crippen molar-refractivity contribution in [3.05, 3.63) is 102 Å². The Morgan fingerprint density at radius 2 is 1.38 bits per heavy atom. The van der Waals surface area contributed by atoms with Crippen molar-refractivity contribution in [1.29, 1.82) is 0 Å². The van der Waals surface area contributed by atoms with E-state index in [4.69, 9.17) is 0 Å². The van der Waals surface area contributed by atoms with E-state index in [0.29, 0.717) is 0 Å². The Morgan fingerprint density at radius 1 is 0.735 bits per heavy atom. The summed E-state index contributed by atoms with van der Waals surface area (Å²) in [4.78, 5) is 4.60. The summed E-state index contributed by atoms with van der Waals surface area (Å²) >= 11 is 0. The number of rotatable bonds is 6. The van der Waals surface area contributed by atoms with Crippen molar-refractivity contribution in [3.8, 4) is 11.3 Å². The van der Waals surface area contributed by atoms with E-state index in [2.05, 4.69) is 50.7 Å². The molecule has 0 aliphatic carbocycles. The minimum absolute atomic E-state index is 0.740. The van der Waals surface area contributed by atoms with Gasteiger partial charge in [-0.15, -0.1) is 10.2 Å². The molecule has 7 nitrogen and oxygen atoms in total. The summed E-state index contributed by atoms with van der Waals surface area (Å²) < 4.78 is 4.03. The van der Waals surface area contributed by atoms with E-state index in [1.54, 1.807) is 6.20 Å². The summed E-state index contributed by atoms with van der Waals surface area (Å²) in [6.45, 7) is 7.85. The fraction of sp³-hybridized carbons (Fsp3) is 0. The van der Waals surface area contributed by atoms with Crippen molar-refractivity contribution in [1.82, 2.24) is 34.4 Å². The van der Waals surface area contributed by atoms with Crippen molar-refractivity contribution in [2.75, 3.05) is 0 Å². The molecule has 0 fully saturated rings. The first-order chi connectivity index (χ1) is 16.7. The van der Waals surface area contributed by atoms with Crippen LogP contribution in [0, 0.1) is 0 Å². The van der Waals surface area contributed by atoms with Gasteiger partial charge in [-0.05, 0) is 60.7 Å². The van der Waals surface area contributed by atoms with E-state index in [1.165, 1.54) is 0 Å². The number of H-pyrrole nitrogens is 2. The van der Waals surface area contributed by atoms with E-state index in [-0.39, 0.29) is 0 Å². The predicted molar refractivity (Wildman–Crippen MR) is 138 cm³/mol. The standard InChI is InChI=1S/C27H21N7/c1-3-18-15-21-11-13-29-33(21)26(18)9-6-20-5-7-23-24(31-32-25(23)17-28-20)8-10-27-19(4-2)16-22-12-14-30-34(22)27/h3-17,29-30H,1-2H2/b9-6+,10-8+. The van der Waals surface area contributed by atoms with Crippen LogP contribution < -0.4 is 0 Å². The zero-order valence-electron chi connectivity index (χ0n) is 18.3. The Morgan fingerprint density at radius 3 is 2.03 bits per heavy atom. The molecular formula is C27H21N7. The lowest BCUT2D eigenvalue weighted by atomic mass is 10.1. The summed E-state index contributed by atoms with van der Waals surface area (Å²) in [7, 11) is 0. The first kappa shape index (κ1) is 19.8. The molecule has 4 aromatic heterocycles. The van der Waals surface area contributed by atoms with E-state index in [0.717, 1.165) is 56.2 Å². The van der Waals surface area contributed by atoms with Crippen LogP contribution in [0.4, 0.5) is 0 Å². The second kappa shape index (κ2) is 7.90. The molecule has 0 saturated heterocycles. The molecule has 164 valence electrons. The van der Waals surface area contributed by atoms with Gasteiger partial charge in [0.2, 0.25) is 0 Å². The van der Waals surface area contributed by atoms with Crippen LogP contribution in [-0.2, 0) is 0 Å². The van der Waals surface area contributed by atoms with Gasteiger partial charge in [0, 0.05) is 29.1 Å². The molecule has 34 heavy (non-hydrogen) atoms. The summed E-state index contributed by atoms with van der Waals surface area (Å²) in [5.41, 5.74) is 9.58. The van der Waals surface area contributed by atoms with Crippen molar-refractivity contribution in [3.63, 3.8) is 0 Å². The molecule has 2 N–H and O–H groups in total. The lowest BCUT2D eigenvalue weighted by Gasteiger charge is -1.96. The zero-order valence-corrected chi connectivity index (χ0v) is 18.3. The summed E-state index contributed by atoms with van der Waals surface area (Å²) in [5, 5.41) is 15.1. The number of hydrogen-bond donors (Lipinski definition) is 2. The van der Waals surface area contributed by atoms with Gasteiger partial charge in [-0.25, -0.2) is 0 Å². The van der Waals surface area contributed by atoms with Gasteiger partial charge in [-0.1, -0.05) is 25.3 Å². The van der Waals surface area contributed by atoms with Crippen LogP contribution in [0.15, 0.2) is 68.1 Å². The van der Waals surface area contributed by atoms with E-state index in [1.807, 2.05) is 82.1 Å². The van der Waals surface area contributed by atoms with Gasteiger partial charge in [0.15, 0.2) is 0 Å². The molecule has 0 radical (unpaired) electrons. The predicted octanol–water partition coefficient (Wildman–Crippen LogP) is 5.76. The van der Waals surface area contributed by atoms with Crippen molar-refractivity contribution in [2.24, 2.45) is 0 Å². The van der Waals surface area contributed by atoms with Crippen LogP contribution in [0.2, 0.25) is 0 Å². The van der Waals surface area contributed by atoms with E-state index in [9.17, 15) is 0 Å². The Labute approximate surface area is 195 Å². The first-order valence-corrected chi connectivity index (χ1v) is 10.9. The summed E-state index contributed by atoms with van der Waals surface area (Å²) in [5.74, 6) is 0. The molecule has 0 bridgehead atoms. The maximum Gasteiger partial charge on any atom is 0.113 e. The molecule has 0 atom stereocenters. The number of fused-ring (bicyclic) bond motifs is 3. The first-order valence-electron chi connectivity index (χ1n) is 10.9. The molecule has 7 heteroatoms. The number of aromatic amines is 2. The SMILES string of the molecule is C=Cc1cc2cc[nH]n2c1/C=C/c1ccc2c(/C=C/c3c(C=C)cc4cc[nH]n34)nnc-2cn1. The minimum atomic E-state index is 0.740. The van der Waals surface area contributed by atoms with Gasteiger partial charge < -0.3 is 10.2 Å². The molecule has 0 saturated carbocycles. The van der Waals surface area contributed by atoms with Gasteiger partial charge in [-0.3, -0.25) is 14.0 Å². The van der Waals surface area contributed by atoms with E-state index < -0.39 is 0 Å².